The van der Waals surface area contributed by atoms with Crippen LogP contribution < -0.4 is 0 Å². The summed E-state index contributed by atoms with van der Waals surface area (Å²) in [5.74, 6) is 0.759. The first-order valence-corrected chi connectivity index (χ1v) is 4.25. The van der Waals surface area contributed by atoms with Gasteiger partial charge in [-0.05, 0) is 6.07 Å². The van der Waals surface area contributed by atoms with Crippen molar-refractivity contribution in [2.45, 2.75) is 13.3 Å². The molecule has 0 bridgehead atoms. The smallest absolute Gasteiger partial charge is 0.271 e. The molecule has 1 heterocycles. The van der Waals surface area contributed by atoms with Gasteiger partial charge in [0, 0.05) is 23.9 Å². The van der Waals surface area contributed by atoms with Gasteiger partial charge in [-0.2, -0.15) is 0 Å². The van der Waals surface area contributed by atoms with E-state index in [1.807, 2.05) is 6.92 Å². The number of hydrogen-bond acceptors (Lipinski definition) is 4. The van der Waals surface area contributed by atoms with Crippen LogP contribution in [-0.4, -0.2) is 10.1 Å². The fourth-order valence-corrected chi connectivity index (χ4v) is 1.35. The van der Waals surface area contributed by atoms with Crippen LogP contribution in [0.3, 0.4) is 0 Å². The fourth-order valence-electron chi connectivity index (χ4n) is 1.35. The van der Waals surface area contributed by atoms with E-state index in [9.17, 15) is 10.1 Å². The average Bonchev–Trinajstić information content (AvgIpc) is 2.59. The van der Waals surface area contributed by atoms with Crippen LogP contribution in [0.4, 0.5) is 5.69 Å². The van der Waals surface area contributed by atoms with Crippen LogP contribution in [0.2, 0.25) is 0 Å². The zero-order valence-electron chi connectivity index (χ0n) is 7.56. The van der Waals surface area contributed by atoms with E-state index in [0.29, 0.717) is 5.52 Å². The van der Waals surface area contributed by atoms with Crippen molar-refractivity contribution in [3.8, 4) is 0 Å². The molecule has 0 aliphatic carbocycles. The minimum atomic E-state index is -0.445. The highest BCUT2D eigenvalue weighted by Crippen LogP contribution is 2.23. The molecule has 2 aromatic rings. The number of hydrogen-bond donors (Lipinski definition) is 0. The number of benzene rings is 1. The average molecular weight is 192 g/mol. The molecule has 0 aliphatic rings. The molecule has 1 aromatic carbocycles. The first-order valence-electron chi connectivity index (χ1n) is 4.25. The summed E-state index contributed by atoms with van der Waals surface area (Å²) in [6.45, 7) is 1.95. The van der Waals surface area contributed by atoms with Gasteiger partial charge in [-0.25, -0.2) is 0 Å². The van der Waals surface area contributed by atoms with Crippen LogP contribution >= 0.6 is 0 Å². The van der Waals surface area contributed by atoms with E-state index in [1.165, 1.54) is 12.1 Å². The maximum Gasteiger partial charge on any atom is 0.271 e. The molecule has 0 aliphatic heterocycles. The molecule has 0 fully saturated rings. The summed E-state index contributed by atoms with van der Waals surface area (Å²) in [5, 5.41) is 15.1. The molecular weight excluding hydrogens is 184 g/mol. The van der Waals surface area contributed by atoms with Gasteiger partial charge < -0.3 is 4.52 Å². The van der Waals surface area contributed by atoms with Crippen LogP contribution in [0.15, 0.2) is 22.7 Å². The molecule has 0 saturated heterocycles. The lowest BCUT2D eigenvalue weighted by Gasteiger charge is -1.90. The lowest BCUT2D eigenvalue weighted by atomic mass is 10.2. The van der Waals surface area contributed by atoms with Gasteiger partial charge in [0.05, 0.1) is 4.92 Å². The highest BCUT2D eigenvalue weighted by molar-refractivity contribution is 5.82. The molecule has 1 aromatic heterocycles. The Labute approximate surface area is 79.5 Å². The Bertz CT molecular complexity index is 490. The van der Waals surface area contributed by atoms with Crippen LogP contribution in [0, 0.1) is 10.1 Å². The molecule has 0 unspecified atom stereocenters. The predicted octanol–water partition coefficient (Wildman–Crippen LogP) is 2.30. The first-order chi connectivity index (χ1) is 6.72. The van der Waals surface area contributed by atoms with E-state index in [4.69, 9.17) is 4.52 Å². The second-order valence-corrected chi connectivity index (χ2v) is 2.92. The third-order valence-electron chi connectivity index (χ3n) is 2.07. The topological polar surface area (TPSA) is 69.2 Å². The Morgan fingerprint density at radius 3 is 3.00 bits per heavy atom. The predicted molar refractivity (Wildman–Crippen MR) is 50.0 cm³/mol. The van der Waals surface area contributed by atoms with Crippen molar-refractivity contribution in [1.82, 2.24) is 5.16 Å². The minimum Gasteiger partial charge on any atom is -0.360 e. The summed E-state index contributed by atoms with van der Waals surface area (Å²) in [7, 11) is 0. The highest BCUT2D eigenvalue weighted by atomic mass is 16.6. The standard InChI is InChI=1S/C9H8N2O3/c1-2-9-7-4-3-6(11(12)13)5-8(7)10-14-9/h3-5H,2H2,1H3. The molecule has 5 nitrogen and oxygen atoms in total. The Morgan fingerprint density at radius 2 is 2.36 bits per heavy atom. The van der Waals surface area contributed by atoms with Gasteiger partial charge in [-0.15, -0.1) is 0 Å². The van der Waals surface area contributed by atoms with Crippen molar-refractivity contribution < 1.29 is 9.45 Å². The Kier molecular flexibility index (Phi) is 1.92. The summed E-state index contributed by atoms with van der Waals surface area (Å²) in [6, 6.07) is 4.54. The summed E-state index contributed by atoms with van der Waals surface area (Å²) in [6.07, 6.45) is 0.730. The van der Waals surface area contributed by atoms with E-state index < -0.39 is 4.92 Å². The van der Waals surface area contributed by atoms with Crippen molar-refractivity contribution in [2.24, 2.45) is 0 Å². The molecule has 14 heavy (non-hydrogen) atoms. The zero-order chi connectivity index (χ0) is 10.1. The second kappa shape index (κ2) is 3.10. The van der Waals surface area contributed by atoms with Crippen molar-refractivity contribution in [3.63, 3.8) is 0 Å². The van der Waals surface area contributed by atoms with E-state index in [0.717, 1.165) is 17.6 Å². The van der Waals surface area contributed by atoms with Crippen molar-refractivity contribution in [3.05, 3.63) is 34.1 Å². The van der Waals surface area contributed by atoms with Crippen LogP contribution in [0.1, 0.15) is 12.7 Å². The third-order valence-corrected chi connectivity index (χ3v) is 2.07. The van der Waals surface area contributed by atoms with Gasteiger partial charge in [0.15, 0.2) is 0 Å². The summed E-state index contributed by atoms with van der Waals surface area (Å²) >= 11 is 0. The molecule has 0 radical (unpaired) electrons. The van der Waals surface area contributed by atoms with Crippen molar-refractivity contribution in [1.29, 1.82) is 0 Å². The fraction of sp³-hybridized carbons (Fsp3) is 0.222. The Balaban J connectivity index is 2.63. The molecule has 0 atom stereocenters. The van der Waals surface area contributed by atoms with Gasteiger partial charge in [-0.3, -0.25) is 10.1 Å². The number of nitro groups is 1. The number of rotatable bonds is 2. The first kappa shape index (κ1) is 8.68. The maximum atomic E-state index is 10.5. The molecule has 5 heteroatoms. The van der Waals surface area contributed by atoms with E-state index in [1.54, 1.807) is 6.07 Å². The van der Waals surface area contributed by atoms with E-state index >= 15 is 0 Å². The number of nitro benzene ring substituents is 1. The third kappa shape index (κ3) is 1.22. The number of aryl methyl sites for hydroxylation is 1. The van der Waals surface area contributed by atoms with Crippen LogP contribution in [-0.2, 0) is 6.42 Å². The lowest BCUT2D eigenvalue weighted by molar-refractivity contribution is -0.384. The molecule has 72 valence electrons. The quantitative estimate of drug-likeness (QED) is 0.540. The van der Waals surface area contributed by atoms with Gasteiger partial charge in [0.1, 0.15) is 11.3 Å². The Hall–Kier alpha value is -1.91. The SMILES string of the molecule is CCc1onc2cc([N+](=O)[O-])ccc12. The van der Waals surface area contributed by atoms with Crippen LogP contribution in [0.5, 0.6) is 0 Å². The van der Waals surface area contributed by atoms with Gasteiger partial charge in [-0.1, -0.05) is 12.1 Å². The zero-order valence-corrected chi connectivity index (χ0v) is 7.56. The summed E-state index contributed by atoms with van der Waals surface area (Å²) in [4.78, 5) is 10.0. The van der Waals surface area contributed by atoms with Gasteiger partial charge in [0.2, 0.25) is 0 Å². The molecule has 0 spiro atoms. The molecular formula is C9H8N2O3. The summed E-state index contributed by atoms with van der Waals surface area (Å²) in [5.41, 5.74) is 0.574. The van der Waals surface area contributed by atoms with Gasteiger partial charge in [0.25, 0.3) is 5.69 Å². The van der Waals surface area contributed by atoms with Crippen molar-refractivity contribution >= 4 is 16.6 Å². The number of aromatic nitrogens is 1. The lowest BCUT2D eigenvalue weighted by Crippen LogP contribution is -1.86. The van der Waals surface area contributed by atoms with Gasteiger partial charge >= 0.3 is 0 Å². The largest absolute Gasteiger partial charge is 0.360 e. The van der Waals surface area contributed by atoms with Crippen LogP contribution in [0.25, 0.3) is 10.9 Å². The summed E-state index contributed by atoms with van der Waals surface area (Å²) < 4.78 is 5.03. The number of fused-ring (bicyclic) bond motifs is 1. The number of nitrogens with zero attached hydrogens (tertiary/aromatic N) is 2. The van der Waals surface area contributed by atoms with E-state index in [-0.39, 0.29) is 5.69 Å². The molecule has 0 saturated carbocycles. The second-order valence-electron chi connectivity index (χ2n) is 2.92. The van der Waals surface area contributed by atoms with E-state index in [2.05, 4.69) is 5.16 Å². The highest BCUT2D eigenvalue weighted by Gasteiger charge is 2.11. The monoisotopic (exact) mass is 192 g/mol. The Morgan fingerprint density at radius 1 is 1.57 bits per heavy atom. The minimum absolute atomic E-state index is 0.0356. The molecule has 0 amide bonds. The maximum absolute atomic E-state index is 10.5. The molecule has 2 rings (SSSR count). The molecule has 0 N–H and O–H groups in total. The normalized spacial score (nSPS) is 10.6. The van der Waals surface area contributed by atoms with Crippen molar-refractivity contribution in [2.75, 3.05) is 0 Å². The number of non-ortho nitro benzene ring substituents is 1.